The van der Waals surface area contributed by atoms with Crippen LogP contribution in [0.1, 0.15) is 18.2 Å². The molecule has 1 N–H and O–H groups in total. The van der Waals surface area contributed by atoms with Gasteiger partial charge in [0, 0.05) is 32.5 Å². The zero-order valence-corrected chi connectivity index (χ0v) is 12.0. The van der Waals surface area contributed by atoms with Crippen molar-refractivity contribution >= 4 is 11.5 Å². The Bertz CT molecular complexity index is 665. The number of nitriles is 1. The van der Waals surface area contributed by atoms with E-state index in [0.717, 1.165) is 12.1 Å². The highest BCUT2D eigenvalue weighted by molar-refractivity contribution is 5.50. The second kappa shape index (κ2) is 6.66. The number of nitrogens with one attached hydrogen (secondary N) is 1. The monoisotopic (exact) mass is 285 g/mol. The summed E-state index contributed by atoms with van der Waals surface area (Å²) in [6.07, 6.45) is 2.96. The third-order valence-electron chi connectivity index (χ3n) is 3.16. The Morgan fingerprint density at radius 3 is 2.76 bits per heavy atom. The van der Waals surface area contributed by atoms with E-state index in [1.54, 1.807) is 6.07 Å². The average Bonchev–Trinajstić information content (AvgIpc) is 2.52. The fraction of sp³-hybridized carbons (Fsp3) is 0.267. The van der Waals surface area contributed by atoms with Crippen LogP contribution in [0.3, 0.4) is 0 Å². The summed E-state index contributed by atoms with van der Waals surface area (Å²) in [6.45, 7) is 3.08. The maximum Gasteiger partial charge on any atom is 0.182 e. The third-order valence-corrected chi connectivity index (χ3v) is 3.16. The molecule has 6 heteroatoms. The molecule has 0 aliphatic heterocycles. The molecule has 1 heterocycles. The van der Waals surface area contributed by atoms with Crippen LogP contribution in [0.4, 0.5) is 15.9 Å². The van der Waals surface area contributed by atoms with Gasteiger partial charge in [-0.15, -0.1) is 0 Å². The second-order valence-electron chi connectivity index (χ2n) is 4.52. The van der Waals surface area contributed by atoms with Gasteiger partial charge in [0.1, 0.15) is 11.9 Å². The first-order valence-electron chi connectivity index (χ1n) is 6.60. The minimum absolute atomic E-state index is 0.223. The quantitative estimate of drug-likeness (QED) is 0.914. The van der Waals surface area contributed by atoms with Crippen molar-refractivity contribution in [2.45, 2.75) is 13.5 Å². The number of rotatable bonds is 5. The van der Waals surface area contributed by atoms with Gasteiger partial charge in [0.25, 0.3) is 0 Å². The van der Waals surface area contributed by atoms with Crippen LogP contribution in [-0.2, 0) is 6.54 Å². The normalized spacial score (nSPS) is 10.0. The van der Waals surface area contributed by atoms with Gasteiger partial charge in [-0.3, -0.25) is 0 Å². The summed E-state index contributed by atoms with van der Waals surface area (Å²) in [5.41, 5.74) is 1.56. The first-order valence-corrected chi connectivity index (χ1v) is 6.60. The Morgan fingerprint density at radius 1 is 1.33 bits per heavy atom. The zero-order valence-electron chi connectivity index (χ0n) is 12.0. The summed E-state index contributed by atoms with van der Waals surface area (Å²) in [5, 5.41) is 11.9. The fourth-order valence-corrected chi connectivity index (χ4v) is 1.88. The Morgan fingerprint density at radius 2 is 2.10 bits per heavy atom. The van der Waals surface area contributed by atoms with E-state index in [0.29, 0.717) is 18.1 Å². The molecule has 21 heavy (non-hydrogen) atoms. The van der Waals surface area contributed by atoms with Gasteiger partial charge in [-0.1, -0.05) is 6.07 Å². The molecule has 2 aromatic rings. The third kappa shape index (κ3) is 3.45. The Labute approximate surface area is 123 Å². The number of hydrogen-bond donors (Lipinski definition) is 1. The van der Waals surface area contributed by atoms with E-state index < -0.39 is 0 Å². The summed E-state index contributed by atoms with van der Waals surface area (Å²) in [4.78, 5) is 9.79. The average molecular weight is 285 g/mol. The van der Waals surface area contributed by atoms with Crippen molar-refractivity contribution in [3.63, 3.8) is 0 Å². The first kappa shape index (κ1) is 14.7. The molecule has 0 bridgehead atoms. The number of aromatic nitrogens is 2. The fourth-order valence-electron chi connectivity index (χ4n) is 1.88. The van der Waals surface area contributed by atoms with Crippen molar-refractivity contribution in [1.82, 2.24) is 9.97 Å². The molecule has 1 aromatic heterocycles. The van der Waals surface area contributed by atoms with Gasteiger partial charge in [-0.25, -0.2) is 14.4 Å². The summed E-state index contributed by atoms with van der Waals surface area (Å²) in [6, 6.07) is 7.04. The molecule has 0 saturated carbocycles. The number of benzene rings is 1. The van der Waals surface area contributed by atoms with Gasteiger partial charge in [0.05, 0.1) is 5.69 Å². The molecule has 2 rings (SSSR count). The highest BCUT2D eigenvalue weighted by Gasteiger charge is 2.08. The molecule has 0 radical (unpaired) electrons. The zero-order chi connectivity index (χ0) is 15.2. The highest BCUT2D eigenvalue weighted by Crippen LogP contribution is 2.20. The lowest BCUT2D eigenvalue weighted by Gasteiger charge is -2.18. The Kier molecular flexibility index (Phi) is 4.67. The van der Waals surface area contributed by atoms with Crippen LogP contribution in [0, 0.1) is 17.1 Å². The van der Waals surface area contributed by atoms with Crippen LogP contribution in [-0.4, -0.2) is 23.6 Å². The van der Waals surface area contributed by atoms with Gasteiger partial charge in [-0.2, -0.15) is 5.26 Å². The van der Waals surface area contributed by atoms with Crippen LogP contribution in [0.15, 0.2) is 30.6 Å². The molecule has 0 unspecified atom stereocenters. The lowest BCUT2D eigenvalue weighted by atomic mass is 10.2. The number of anilines is 2. The SMILES string of the molecule is CCN(C)c1ccc(CNc2nccnc2C#N)cc1F. The highest BCUT2D eigenvalue weighted by atomic mass is 19.1. The van der Waals surface area contributed by atoms with Crippen LogP contribution in [0.2, 0.25) is 0 Å². The minimum Gasteiger partial charge on any atom is -0.373 e. The maximum atomic E-state index is 14.0. The van der Waals surface area contributed by atoms with Crippen molar-refractivity contribution in [2.75, 3.05) is 23.8 Å². The lowest BCUT2D eigenvalue weighted by Crippen LogP contribution is -2.17. The molecule has 1 aromatic carbocycles. The molecular formula is C15H16FN5. The van der Waals surface area contributed by atoms with Gasteiger partial charge in [0.15, 0.2) is 11.5 Å². The van der Waals surface area contributed by atoms with Crippen molar-refractivity contribution in [1.29, 1.82) is 5.26 Å². The second-order valence-corrected chi connectivity index (χ2v) is 4.52. The topological polar surface area (TPSA) is 64.8 Å². The van der Waals surface area contributed by atoms with Gasteiger partial charge < -0.3 is 10.2 Å². The molecule has 0 saturated heterocycles. The van der Waals surface area contributed by atoms with E-state index in [1.807, 2.05) is 31.0 Å². The molecule has 0 aliphatic rings. The molecule has 0 atom stereocenters. The molecular weight excluding hydrogens is 269 g/mol. The Balaban J connectivity index is 2.11. The molecule has 0 fully saturated rings. The maximum absolute atomic E-state index is 14.0. The Hall–Kier alpha value is -2.68. The van der Waals surface area contributed by atoms with Gasteiger partial charge in [-0.05, 0) is 24.6 Å². The summed E-state index contributed by atoms with van der Waals surface area (Å²) in [5.74, 6) is 0.133. The van der Waals surface area contributed by atoms with Gasteiger partial charge in [0.2, 0.25) is 0 Å². The largest absolute Gasteiger partial charge is 0.373 e. The van der Waals surface area contributed by atoms with Crippen molar-refractivity contribution in [3.8, 4) is 6.07 Å². The number of nitrogens with zero attached hydrogens (tertiary/aromatic N) is 4. The van der Waals surface area contributed by atoms with Crippen molar-refractivity contribution in [2.24, 2.45) is 0 Å². The van der Waals surface area contributed by atoms with Gasteiger partial charge >= 0.3 is 0 Å². The molecule has 0 spiro atoms. The molecule has 5 nitrogen and oxygen atoms in total. The van der Waals surface area contributed by atoms with Crippen LogP contribution in [0.5, 0.6) is 0 Å². The van der Waals surface area contributed by atoms with E-state index in [1.165, 1.54) is 18.5 Å². The molecule has 108 valence electrons. The van der Waals surface area contributed by atoms with Crippen LogP contribution in [0.25, 0.3) is 0 Å². The molecule has 0 amide bonds. The predicted molar refractivity (Wildman–Crippen MR) is 79.4 cm³/mol. The van der Waals surface area contributed by atoms with Crippen LogP contribution >= 0.6 is 0 Å². The predicted octanol–water partition coefficient (Wildman–Crippen LogP) is 2.56. The van der Waals surface area contributed by atoms with E-state index in [-0.39, 0.29) is 11.5 Å². The standard InChI is InChI=1S/C15H16FN5/c1-3-21(2)14-5-4-11(8-12(14)16)10-20-15-13(9-17)18-6-7-19-15/h4-8H,3,10H2,1-2H3,(H,19,20). The van der Waals surface area contributed by atoms with E-state index >= 15 is 0 Å². The van der Waals surface area contributed by atoms with Crippen molar-refractivity contribution in [3.05, 3.63) is 47.7 Å². The minimum atomic E-state index is -0.265. The van der Waals surface area contributed by atoms with E-state index in [2.05, 4.69) is 15.3 Å². The van der Waals surface area contributed by atoms with Crippen molar-refractivity contribution < 1.29 is 4.39 Å². The molecule has 0 aliphatic carbocycles. The summed E-state index contributed by atoms with van der Waals surface area (Å²) in [7, 11) is 1.84. The summed E-state index contributed by atoms with van der Waals surface area (Å²) >= 11 is 0. The number of halogens is 1. The van der Waals surface area contributed by atoms with E-state index in [9.17, 15) is 4.39 Å². The lowest BCUT2D eigenvalue weighted by molar-refractivity contribution is 0.621. The summed E-state index contributed by atoms with van der Waals surface area (Å²) < 4.78 is 14.0. The first-order chi connectivity index (χ1) is 10.2. The van der Waals surface area contributed by atoms with E-state index in [4.69, 9.17) is 5.26 Å². The smallest absolute Gasteiger partial charge is 0.182 e. The van der Waals surface area contributed by atoms with Crippen LogP contribution < -0.4 is 10.2 Å². The number of hydrogen-bond acceptors (Lipinski definition) is 5.